The Balaban J connectivity index is 1.73. The van der Waals surface area contributed by atoms with Crippen LogP contribution in [0, 0.1) is 0 Å². The number of amides is 1. The second kappa shape index (κ2) is 10.6. The van der Waals surface area contributed by atoms with E-state index in [0.717, 1.165) is 11.3 Å². The molecule has 0 spiro atoms. The first-order valence-corrected chi connectivity index (χ1v) is 11.8. The van der Waals surface area contributed by atoms with Gasteiger partial charge < -0.3 is 14.8 Å². The number of rotatable bonds is 10. The molecule has 11 heteroatoms. The Morgan fingerprint density at radius 3 is 2.77 bits per heavy atom. The maximum Gasteiger partial charge on any atom is 0.271 e. The topological polar surface area (TPSA) is 107 Å². The summed E-state index contributed by atoms with van der Waals surface area (Å²) in [4.78, 5) is 16.6. The van der Waals surface area contributed by atoms with E-state index in [9.17, 15) is 13.2 Å². The van der Waals surface area contributed by atoms with Gasteiger partial charge in [0.15, 0.2) is 0 Å². The molecule has 1 aromatic carbocycles. The Bertz CT molecular complexity index is 1150. The van der Waals surface area contributed by atoms with Gasteiger partial charge in [-0.15, -0.1) is 11.3 Å². The van der Waals surface area contributed by atoms with Gasteiger partial charge in [-0.1, -0.05) is 17.7 Å². The minimum Gasteiger partial charge on any atom is -0.438 e. The monoisotopic (exact) mass is 481 g/mol. The molecule has 2 heterocycles. The van der Waals surface area contributed by atoms with Crippen LogP contribution in [0.2, 0.25) is 4.34 Å². The van der Waals surface area contributed by atoms with Gasteiger partial charge in [-0.25, -0.2) is 13.4 Å². The van der Waals surface area contributed by atoms with Crippen LogP contribution in [-0.4, -0.2) is 39.6 Å². The van der Waals surface area contributed by atoms with Crippen molar-refractivity contribution in [2.24, 2.45) is 0 Å². The lowest BCUT2D eigenvalue weighted by molar-refractivity contribution is 0.0945. The van der Waals surface area contributed by atoms with Crippen LogP contribution in [0.1, 0.15) is 16.8 Å². The van der Waals surface area contributed by atoms with Crippen molar-refractivity contribution in [3.8, 4) is 11.6 Å². The highest BCUT2D eigenvalue weighted by Gasteiger charge is 2.18. The van der Waals surface area contributed by atoms with Gasteiger partial charge in [0.2, 0.25) is 5.88 Å². The van der Waals surface area contributed by atoms with Crippen molar-refractivity contribution >= 4 is 44.6 Å². The number of aromatic nitrogens is 1. The third-order valence-electron chi connectivity index (χ3n) is 3.94. The highest BCUT2D eigenvalue weighted by molar-refractivity contribution is 7.94. The van der Waals surface area contributed by atoms with Gasteiger partial charge in [-0.2, -0.15) is 0 Å². The fraction of sp³-hybridized carbons (Fsp3) is 0.200. The molecule has 0 bridgehead atoms. The lowest BCUT2D eigenvalue weighted by atomic mass is 10.2. The number of sulfonamides is 1. The highest BCUT2D eigenvalue weighted by atomic mass is 35.5. The van der Waals surface area contributed by atoms with Crippen molar-refractivity contribution in [2.45, 2.75) is 10.6 Å². The van der Waals surface area contributed by atoms with Gasteiger partial charge in [-0.3, -0.25) is 9.52 Å². The van der Waals surface area contributed by atoms with Crippen molar-refractivity contribution in [3.05, 3.63) is 64.6 Å². The lowest BCUT2D eigenvalue weighted by Gasteiger charge is -2.12. The minimum atomic E-state index is -3.78. The second-order valence-electron chi connectivity index (χ2n) is 6.25. The van der Waals surface area contributed by atoms with Gasteiger partial charge in [0, 0.05) is 32.5 Å². The number of ether oxygens (including phenoxy) is 2. The molecule has 0 unspecified atom stereocenters. The summed E-state index contributed by atoms with van der Waals surface area (Å²) in [6, 6.07) is 12.5. The average Bonchev–Trinajstić information content (AvgIpc) is 3.19. The number of carbonyl (C=O) groups excluding carboxylic acids is 1. The number of hydrogen-bond donors (Lipinski definition) is 2. The summed E-state index contributed by atoms with van der Waals surface area (Å²) in [6.07, 6.45) is 2.18. The molecule has 3 aromatic rings. The van der Waals surface area contributed by atoms with E-state index in [1.807, 2.05) is 0 Å². The predicted octanol–water partition coefficient (Wildman–Crippen LogP) is 4.16. The van der Waals surface area contributed by atoms with E-state index >= 15 is 0 Å². The zero-order valence-electron chi connectivity index (χ0n) is 16.5. The maximum absolute atomic E-state index is 12.5. The van der Waals surface area contributed by atoms with Crippen molar-refractivity contribution in [1.82, 2.24) is 10.3 Å². The zero-order chi connectivity index (χ0) is 22.3. The van der Waals surface area contributed by atoms with E-state index in [2.05, 4.69) is 15.0 Å². The Morgan fingerprint density at radius 2 is 2.03 bits per heavy atom. The molecule has 31 heavy (non-hydrogen) atoms. The Morgan fingerprint density at radius 1 is 1.19 bits per heavy atom. The number of pyridine rings is 1. The smallest absolute Gasteiger partial charge is 0.271 e. The Kier molecular flexibility index (Phi) is 7.85. The van der Waals surface area contributed by atoms with Crippen molar-refractivity contribution in [3.63, 3.8) is 0 Å². The molecule has 2 N–H and O–H groups in total. The molecule has 0 fully saturated rings. The van der Waals surface area contributed by atoms with Crippen LogP contribution in [0.4, 0.5) is 5.69 Å². The molecule has 0 radical (unpaired) electrons. The molecule has 0 atom stereocenters. The molecule has 0 aliphatic carbocycles. The first-order valence-electron chi connectivity index (χ1n) is 9.17. The zero-order valence-corrected chi connectivity index (χ0v) is 18.9. The van der Waals surface area contributed by atoms with E-state index in [1.165, 1.54) is 24.4 Å². The molecule has 1 amide bonds. The quantitative estimate of drug-likeness (QED) is 0.421. The number of methoxy groups -OCH3 is 1. The van der Waals surface area contributed by atoms with Crippen LogP contribution in [0.25, 0.3) is 0 Å². The number of thiophene rings is 1. The molecular formula is C20H20ClN3O5S2. The number of hydrogen-bond acceptors (Lipinski definition) is 7. The third kappa shape index (κ3) is 6.41. The summed E-state index contributed by atoms with van der Waals surface area (Å²) >= 11 is 6.79. The average molecular weight is 482 g/mol. The SMILES string of the molecule is COCCCNC(=O)c1cccnc1Oc1cccc(NS(=O)(=O)c2ccc(Cl)s2)c1. The van der Waals surface area contributed by atoms with Crippen LogP contribution < -0.4 is 14.8 Å². The lowest BCUT2D eigenvalue weighted by Crippen LogP contribution is -2.25. The van der Waals surface area contributed by atoms with Crippen LogP contribution in [0.15, 0.2) is 58.9 Å². The van der Waals surface area contributed by atoms with E-state index in [1.54, 1.807) is 37.4 Å². The Hall–Kier alpha value is -2.66. The van der Waals surface area contributed by atoms with E-state index in [0.29, 0.717) is 35.3 Å². The standard InChI is InChI=1S/C20H20ClN3O5S2/c1-28-12-4-11-22-19(25)16-7-3-10-23-20(16)29-15-6-2-5-14(13-15)24-31(26,27)18-9-8-17(21)30-18/h2-3,5-10,13,24H,4,11-12H2,1H3,(H,22,25). The molecule has 0 saturated carbocycles. The summed E-state index contributed by atoms with van der Waals surface area (Å²) in [5.74, 6) is 0.0963. The number of nitrogens with one attached hydrogen (secondary N) is 2. The largest absolute Gasteiger partial charge is 0.438 e. The van der Waals surface area contributed by atoms with E-state index in [-0.39, 0.29) is 21.6 Å². The number of halogens is 1. The molecule has 3 rings (SSSR count). The van der Waals surface area contributed by atoms with Crippen molar-refractivity contribution in [1.29, 1.82) is 0 Å². The highest BCUT2D eigenvalue weighted by Crippen LogP contribution is 2.29. The van der Waals surface area contributed by atoms with Gasteiger partial charge >= 0.3 is 0 Å². The molecular weight excluding hydrogens is 462 g/mol. The van der Waals surface area contributed by atoms with Crippen LogP contribution >= 0.6 is 22.9 Å². The fourth-order valence-corrected chi connectivity index (χ4v) is 5.07. The molecule has 8 nitrogen and oxygen atoms in total. The normalized spacial score (nSPS) is 11.2. The summed E-state index contributed by atoms with van der Waals surface area (Å²) in [5.41, 5.74) is 0.558. The van der Waals surface area contributed by atoms with Gasteiger partial charge in [0.1, 0.15) is 15.5 Å². The van der Waals surface area contributed by atoms with Gasteiger partial charge in [-0.05, 0) is 42.8 Å². The summed E-state index contributed by atoms with van der Waals surface area (Å²) in [5, 5.41) is 2.78. The van der Waals surface area contributed by atoms with E-state index in [4.69, 9.17) is 21.1 Å². The summed E-state index contributed by atoms with van der Waals surface area (Å²) in [6.45, 7) is 0.988. The first-order chi connectivity index (χ1) is 14.9. The number of nitrogens with zero attached hydrogens (tertiary/aromatic N) is 1. The minimum absolute atomic E-state index is 0.0981. The fourth-order valence-electron chi connectivity index (χ4n) is 2.54. The second-order valence-corrected chi connectivity index (χ2v) is 9.88. The molecule has 2 aromatic heterocycles. The molecule has 0 aliphatic heterocycles. The number of anilines is 1. The number of carbonyl (C=O) groups is 1. The van der Waals surface area contributed by atoms with E-state index < -0.39 is 10.0 Å². The molecule has 0 saturated heterocycles. The first kappa shape index (κ1) is 23.0. The molecule has 164 valence electrons. The van der Waals surface area contributed by atoms with Crippen LogP contribution in [0.5, 0.6) is 11.6 Å². The van der Waals surface area contributed by atoms with Crippen molar-refractivity contribution < 1.29 is 22.7 Å². The van der Waals surface area contributed by atoms with Crippen LogP contribution in [-0.2, 0) is 14.8 Å². The maximum atomic E-state index is 12.5. The van der Waals surface area contributed by atoms with Crippen LogP contribution in [0.3, 0.4) is 0 Å². The van der Waals surface area contributed by atoms with Gasteiger partial charge in [0.05, 0.1) is 10.0 Å². The predicted molar refractivity (Wildman–Crippen MR) is 120 cm³/mol. The molecule has 0 aliphatic rings. The summed E-state index contributed by atoms with van der Waals surface area (Å²) in [7, 11) is -2.18. The third-order valence-corrected chi connectivity index (χ3v) is 7.05. The Labute approximate surface area is 189 Å². The summed E-state index contributed by atoms with van der Waals surface area (Å²) < 4.78 is 38.7. The van der Waals surface area contributed by atoms with Crippen molar-refractivity contribution in [2.75, 3.05) is 25.0 Å². The van der Waals surface area contributed by atoms with Gasteiger partial charge in [0.25, 0.3) is 15.9 Å². The number of benzene rings is 1.